The van der Waals surface area contributed by atoms with Gasteiger partial charge in [0.2, 0.25) is 0 Å². The Labute approximate surface area is 106 Å². The molecule has 0 bridgehead atoms. The molecule has 0 aliphatic carbocycles. The maximum atomic E-state index is 5.92. The smallest absolute Gasteiger partial charge is 0.121 e. The van der Waals surface area contributed by atoms with Gasteiger partial charge in [-0.05, 0) is 30.7 Å². The van der Waals surface area contributed by atoms with Crippen LogP contribution in [0.4, 0.5) is 0 Å². The average Bonchev–Trinajstić information content (AvgIpc) is 2.24. The highest BCUT2D eigenvalue weighted by Crippen LogP contribution is 2.27. The number of allylic oxidation sites excluding steroid dienone is 1. The number of ether oxygens (including phenoxy) is 1. The Morgan fingerprint density at radius 1 is 1.38 bits per heavy atom. The van der Waals surface area contributed by atoms with Gasteiger partial charge in [0.15, 0.2) is 0 Å². The van der Waals surface area contributed by atoms with Gasteiger partial charge in [-0.25, -0.2) is 0 Å². The number of hydrogen-bond acceptors (Lipinski definition) is 2. The summed E-state index contributed by atoms with van der Waals surface area (Å²) in [7, 11) is 0. The maximum Gasteiger partial charge on any atom is 0.121 e. The summed E-state index contributed by atoms with van der Waals surface area (Å²) in [5.74, 6) is 0.753. The summed E-state index contributed by atoms with van der Waals surface area (Å²) in [6.45, 7) is 3.91. The molecular weight excluding hydrogens is 245 g/mol. The van der Waals surface area contributed by atoms with Crippen molar-refractivity contribution in [3.63, 3.8) is 0 Å². The third-order valence-corrected chi connectivity index (χ3v) is 2.65. The molecular formula is C12H15Cl2NO. The van der Waals surface area contributed by atoms with Crippen LogP contribution in [0.5, 0.6) is 0 Å². The lowest BCUT2D eigenvalue weighted by molar-refractivity contribution is 0.126. The molecule has 1 aromatic rings. The van der Waals surface area contributed by atoms with Crippen molar-refractivity contribution < 1.29 is 4.74 Å². The van der Waals surface area contributed by atoms with Crippen LogP contribution in [0.15, 0.2) is 30.2 Å². The van der Waals surface area contributed by atoms with E-state index < -0.39 is 0 Å². The zero-order valence-corrected chi connectivity index (χ0v) is 10.8. The van der Waals surface area contributed by atoms with Crippen LogP contribution < -0.4 is 5.73 Å². The molecule has 4 heteroatoms. The average molecular weight is 260 g/mol. The molecule has 0 radical (unpaired) electrons. The van der Waals surface area contributed by atoms with E-state index in [1.807, 2.05) is 26.0 Å². The molecule has 1 rings (SSSR count). The normalized spacial score (nSPS) is 13.6. The fraction of sp³-hybridized carbons (Fsp3) is 0.333. The summed E-state index contributed by atoms with van der Waals surface area (Å²) in [4.78, 5) is 0. The molecule has 2 nitrogen and oxygen atoms in total. The Kier molecular flexibility index (Phi) is 4.97. The van der Waals surface area contributed by atoms with Crippen LogP contribution in [0, 0.1) is 0 Å². The number of nitrogens with two attached hydrogens (primary N) is 1. The number of hydrogen-bond donors (Lipinski definition) is 1. The van der Waals surface area contributed by atoms with E-state index in [4.69, 9.17) is 33.7 Å². The van der Waals surface area contributed by atoms with Gasteiger partial charge < -0.3 is 10.5 Å². The predicted molar refractivity (Wildman–Crippen MR) is 68.5 cm³/mol. The fourth-order valence-corrected chi connectivity index (χ4v) is 1.89. The molecule has 1 atom stereocenters. The van der Waals surface area contributed by atoms with E-state index in [0.717, 1.165) is 17.7 Å². The summed E-state index contributed by atoms with van der Waals surface area (Å²) in [5.41, 5.74) is 6.37. The van der Waals surface area contributed by atoms with Crippen molar-refractivity contribution in [2.24, 2.45) is 5.73 Å². The quantitative estimate of drug-likeness (QED) is 0.820. The topological polar surface area (TPSA) is 35.2 Å². The van der Waals surface area contributed by atoms with Gasteiger partial charge in [-0.3, -0.25) is 0 Å². The number of rotatable bonds is 4. The minimum absolute atomic E-state index is 0.119. The first-order valence-corrected chi connectivity index (χ1v) is 5.85. The van der Waals surface area contributed by atoms with Crippen molar-refractivity contribution in [2.75, 3.05) is 0 Å². The van der Waals surface area contributed by atoms with Crippen molar-refractivity contribution >= 4 is 23.2 Å². The highest BCUT2D eigenvalue weighted by atomic mass is 35.5. The van der Waals surface area contributed by atoms with Crippen LogP contribution in [-0.2, 0) is 4.74 Å². The first-order valence-electron chi connectivity index (χ1n) is 5.10. The van der Waals surface area contributed by atoms with E-state index in [1.165, 1.54) is 6.20 Å². The van der Waals surface area contributed by atoms with Gasteiger partial charge in [0.05, 0.1) is 0 Å². The maximum absolute atomic E-state index is 5.92. The van der Waals surface area contributed by atoms with Crippen molar-refractivity contribution in [3.8, 4) is 0 Å². The van der Waals surface area contributed by atoms with Crippen molar-refractivity contribution in [2.45, 2.75) is 26.4 Å². The van der Waals surface area contributed by atoms with Crippen LogP contribution >= 0.6 is 23.2 Å². The minimum atomic E-state index is -0.119. The second kappa shape index (κ2) is 6.02. The summed E-state index contributed by atoms with van der Waals surface area (Å²) >= 11 is 11.8. The molecule has 88 valence electrons. The van der Waals surface area contributed by atoms with Crippen LogP contribution in [0.3, 0.4) is 0 Å². The van der Waals surface area contributed by atoms with Crippen LogP contribution in [0.25, 0.3) is 0 Å². The first kappa shape index (κ1) is 13.2. The SMILES string of the molecule is CC/C(=C\N)OC(C)c1cc(Cl)cc(Cl)c1. The molecule has 0 amide bonds. The van der Waals surface area contributed by atoms with E-state index in [2.05, 4.69) is 0 Å². The van der Waals surface area contributed by atoms with Gasteiger partial charge in [0.1, 0.15) is 11.9 Å². The molecule has 0 aliphatic heterocycles. The Hall–Kier alpha value is -0.860. The molecule has 0 saturated carbocycles. The monoisotopic (exact) mass is 259 g/mol. The lowest BCUT2D eigenvalue weighted by atomic mass is 10.1. The van der Waals surface area contributed by atoms with Gasteiger partial charge in [0, 0.05) is 22.7 Å². The second-order valence-electron chi connectivity index (χ2n) is 3.45. The van der Waals surface area contributed by atoms with Gasteiger partial charge in [0.25, 0.3) is 0 Å². The second-order valence-corrected chi connectivity index (χ2v) is 4.32. The molecule has 0 aliphatic rings. The molecule has 1 aromatic carbocycles. The van der Waals surface area contributed by atoms with E-state index in [1.54, 1.807) is 6.07 Å². The van der Waals surface area contributed by atoms with Gasteiger partial charge in [-0.15, -0.1) is 0 Å². The van der Waals surface area contributed by atoms with E-state index in [0.29, 0.717) is 10.0 Å². The Morgan fingerprint density at radius 3 is 2.38 bits per heavy atom. The fourth-order valence-electron chi connectivity index (χ4n) is 1.35. The van der Waals surface area contributed by atoms with Gasteiger partial charge in [-0.2, -0.15) is 0 Å². The van der Waals surface area contributed by atoms with E-state index >= 15 is 0 Å². The molecule has 0 spiro atoms. The third kappa shape index (κ3) is 3.62. The van der Waals surface area contributed by atoms with Gasteiger partial charge >= 0.3 is 0 Å². The lowest BCUT2D eigenvalue weighted by Gasteiger charge is -2.17. The Morgan fingerprint density at radius 2 is 1.94 bits per heavy atom. The van der Waals surface area contributed by atoms with Crippen molar-refractivity contribution in [1.29, 1.82) is 0 Å². The molecule has 0 fully saturated rings. The van der Waals surface area contributed by atoms with Crippen LogP contribution in [-0.4, -0.2) is 0 Å². The largest absolute Gasteiger partial charge is 0.489 e. The zero-order valence-electron chi connectivity index (χ0n) is 9.34. The zero-order chi connectivity index (χ0) is 12.1. The highest BCUT2D eigenvalue weighted by molar-refractivity contribution is 6.34. The van der Waals surface area contributed by atoms with Gasteiger partial charge in [-0.1, -0.05) is 30.1 Å². The Bertz CT molecular complexity index is 370. The molecule has 2 N–H and O–H groups in total. The highest BCUT2D eigenvalue weighted by Gasteiger charge is 2.09. The number of benzene rings is 1. The molecule has 1 unspecified atom stereocenters. The predicted octanol–water partition coefficient (Wildman–Crippen LogP) is 4.28. The van der Waals surface area contributed by atoms with E-state index in [9.17, 15) is 0 Å². The third-order valence-electron chi connectivity index (χ3n) is 2.22. The molecule has 0 heterocycles. The van der Waals surface area contributed by atoms with Crippen molar-refractivity contribution in [1.82, 2.24) is 0 Å². The first-order chi connectivity index (χ1) is 7.56. The minimum Gasteiger partial charge on any atom is -0.489 e. The molecule has 16 heavy (non-hydrogen) atoms. The van der Waals surface area contributed by atoms with Crippen LogP contribution in [0.1, 0.15) is 31.9 Å². The van der Waals surface area contributed by atoms with Crippen LogP contribution in [0.2, 0.25) is 10.0 Å². The lowest BCUT2D eigenvalue weighted by Crippen LogP contribution is -2.01. The Balaban J connectivity index is 2.84. The summed E-state index contributed by atoms with van der Waals surface area (Å²) < 4.78 is 5.66. The standard InChI is InChI=1S/C12H15Cl2NO/c1-3-12(7-15)16-8(2)9-4-10(13)6-11(14)5-9/h4-8H,3,15H2,1-2H3/b12-7+. The number of halogens is 2. The summed E-state index contributed by atoms with van der Waals surface area (Å²) in [6, 6.07) is 5.36. The van der Waals surface area contributed by atoms with E-state index in [-0.39, 0.29) is 6.10 Å². The summed E-state index contributed by atoms with van der Waals surface area (Å²) in [6.07, 6.45) is 2.11. The molecule has 0 saturated heterocycles. The van der Waals surface area contributed by atoms with Crippen molar-refractivity contribution in [3.05, 3.63) is 45.8 Å². The summed E-state index contributed by atoms with van der Waals surface area (Å²) in [5, 5.41) is 1.21. The molecule has 0 aromatic heterocycles.